The standard InChI is InChI=1S/C25H35N3O3/c1-23(12-16-13-27-28-21(16)11-17(23)14-29)19-6-8-24(2)20(18(19)15-30)7-9-25(24,31)22-5-3-4-10-26-22/h3-5,10,13,17-20,29-31H,6-9,11-12,14-15H2,1-2H3,(H,27,28)/t17-,18-,19+,20+,23+,24+,25-/m1/s1. The van der Waals surface area contributed by atoms with Crippen molar-refractivity contribution in [3.63, 3.8) is 0 Å². The number of pyridine rings is 1. The third-order valence-corrected chi connectivity index (χ3v) is 9.72. The number of nitrogens with one attached hydrogen (secondary N) is 1. The molecule has 0 radical (unpaired) electrons. The van der Waals surface area contributed by atoms with Gasteiger partial charge in [-0.3, -0.25) is 10.1 Å². The molecule has 4 N–H and O–H groups in total. The van der Waals surface area contributed by atoms with Gasteiger partial charge in [0.05, 0.1) is 11.9 Å². The second-order valence-corrected chi connectivity index (χ2v) is 10.8. The molecule has 3 aliphatic carbocycles. The molecule has 31 heavy (non-hydrogen) atoms. The lowest BCUT2D eigenvalue weighted by molar-refractivity contribution is -0.146. The number of rotatable bonds is 4. The maximum absolute atomic E-state index is 11.9. The predicted molar refractivity (Wildman–Crippen MR) is 117 cm³/mol. The van der Waals surface area contributed by atoms with Gasteiger partial charge in [0.1, 0.15) is 5.60 Å². The number of hydrogen-bond acceptors (Lipinski definition) is 5. The lowest BCUT2D eigenvalue weighted by atomic mass is 9.48. The first-order chi connectivity index (χ1) is 14.9. The van der Waals surface area contributed by atoms with E-state index in [9.17, 15) is 15.3 Å². The summed E-state index contributed by atoms with van der Waals surface area (Å²) in [6.45, 7) is 4.78. The molecular weight excluding hydrogens is 390 g/mol. The summed E-state index contributed by atoms with van der Waals surface area (Å²) < 4.78 is 0. The summed E-state index contributed by atoms with van der Waals surface area (Å²) in [5.41, 5.74) is 1.77. The molecule has 0 aromatic carbocycles. The van der Waals surface area contributed by atoms with Crippen LogP contribution in [-0.4, -0.2) is 43.7 Å². The molecule has 0 spiro atoms. The Morgan fingerprint density at radius 1 is 1.10 bits per heavy atom. The lowest BCUT2D eigenvalue weighted by Crippen LogP contribution is -2.55. The molecular formula is C25H35N3O3. The average molecular weight is 426 g/mol. The highest BCUT2D eigenvalue weighted by molar-refractivity contribution is 5.27. The van der Waals surface area contributed by atoms with Gasteiger partial charge in [0.25, 0.3) is 0 Å². The van der Waals surface area contributed by atoms with Crippen LogP contribution >= 0.6 is 0 Å². The van der Waals surface area contributed by atoms with E-state index < -0.39 is 5.60 Å². The van der Waals surface area contributed by atoms with Crippen LogP contribution in [0.2, 0.25) is 0 Å². The highest BCUT2D eigenvalue weighted by Gasteiger charge is 2.64. The van der Waals surface area contributed by atoms with Crippen LogP contribution in [0.4, 0.5) is 0 Å². The van der Waals surface area contributed by atoms with Crippen molar-refractivity contribution >= 4 is 0 Å². The molecule has 2 saturated carbocycles. The van der Waals surface area contributed by atoms with E-state index in [1.165, 1.54) is 5.56 Å². The molecule has 168 valence electrons. The number of aromatic nitrogens is 3. The molecule has 5 rings (SSSR count). The lowest BCUT2D eigenvalue weighted by Gasteiger charge is -2.57. The van der Waals surface area contributed by atoms with Gasteiger partial charge in [0, 0.05) is 30.5 Å². The van der Waals surface area contributed by atoms with Gasteiger partial charge in [-0.1, -0.05) is 19.9 Å². The Morgan fingerprint density at radius 3 is 2.61 bits per heavy atom. The second kappa shape index (κ2) is 7.39. The Hall–Kier alpha value is -1.76. The Labute approximate surface area is 184 Å². The fourth-order valence-corrected chi connectivity index (χ4v) is 7.81. The molecule has 2 aromatic heterocycles. The molecule has 6 nitrogen and oxygen atoms in total. The topological polar surface area (TPSA) is 102 Å². The number of fused-ring (bicyclic) bond motifs is 2. The van der Waals surface area contributed by atoms with Gasteiger partial charge >= 0.3 is 0 Å². The first kappa shape index (κ1) is 21.1. The zero-order valence-corrected chi connectivity index (χ0v) is 18.6. The molecule has 2 heterocycles. The second-order valence-electron chi connectivity index (χ2n) is 10.8. The number of hydrogen-bond donors (Lipinski definition) is 4. The molecule has 0 aliphatic heterocycles. The third kappa shape index (κ3) is 2.87. The number of nitrogens with zero attached hydrogens (tertiary/aromatic N) is 2. The number of H-pyrrole nitrogens is 1. The van der Waals surface area contributed by atoms with Gasteiger partial charge in [-0.05, 0) is 85.3 Å². The van der Waals surface area contributed by atoms with Crippen molar-refractivity contribution in [2.24, 2.45) is 34.5 Å². The summed E-state index contributed by atoms with van der Waals surface area (Å²) in [6.07, 6.45) is 8.78. The average Bonchev–Trinajstić information content (AvgIpc) is 3.34. The zero-order valence-electron chi connectivity index (χ0n) is 18.6. The smallest absolute Gasteiger partial charge is 0.112 e. The van der Waals surface area contributed by atoms with Gasteiger partial charge in [0.2, 0.25) is 0 Å². The van der Waals surface area contributed by atoms with E-state index in [-0.39, 0.29) is 41.8 Å². The van der Waals surface area contributed by atoms with Crippen LogP contribution in [0.3, 0.4) is 0 Å². The molecule has 7 atom stereocenters. The van der Waals surface area contributed by atoms with Crippen molar-refractivity contribution < 1.29 is 15.3 Å². The van der Waals surface area contributed by atoms with E-state index in [2.05, 4.69) is 29.0 Å². The van der Waals surface area contributed by atoms with Crippen molar-refractivity contribution in [1.82, 2.24) is 15.2 Å². The van der Waals surface area contributed by atoms with Gasteiger partial charge in [-0.2, -0.15) is 5.10 Å². The summed E-state index contributed by atoms with van der Waals surface area (Å²) in [5.74, 6) is 0.760. The number of aliphatic hydroxyl groups excluding tert-OH is 2. The first-order valence-corrected chi connectivity index (χ1v) is 11.7. The van der Waals surface area contributed by atoms with Crippen molar-refractivity contribution in [2.45, 2.75) is 58.0 Å². The van der Waals surface area contributed by atoms with Crippen LogP contribution in [0.5, 0.6) is 0 Å². The fraction of sp³-hybridized carbons (Fsp3) is 0.680. The fourth-order valence-electron chi connectivity index (χ4n) is 7.81. The molecule has 0 unspecified atom stereocenters. The first-order valence-electron chi connectivity index (χ1n) is 11.7. The number of aromatic amines is 1. The van der Waals surface area contributed by atoms with E-state index >= 15 is 0 Å². The highest BCUT2D eigenvalue weighted by atomic mass is 16.3. The summed E-state index contributed by atoms with van der Waals surface area (Å²) in [5, 5.41) is 40.2. The van der Waals surface area contributed by atoms with Crippen LogP contribution in [0.1, 0.15) is 56.5 Å². The molecule has 6 heteroatoms. The van der Waals surface area contributed by atoms with E-state index in [0.717, 1.165) is 43.5 Å². The maximum Gasteiger partial charge on any atom is 0.112 e. The third-order valence-electron chi connectivity index (χ3n) is 9.72. The summed E-state index contributed by atoms with van der Waals surface area (Å²) in [6, 6.07) is 5.78. The van der Waals surface area contributed by atoms with Gasteiger partial charge in [-0.15, -0.1) is 0 Å². The van der Waals surface area contributed by atoms with Crippen LogP contribution < -0.4 is 0 Å². The molecule has 2 fully saturated rings. The van der Waals surface area contributed by atoms with E-state index in [1.54, 1.807) is 6.20 Å². The zero-order chi connectivity index (χ0) is 21.9. The van der Waals surface area contributed by atoms with E-state index in [4.69, 9.17) is 0 Å². The Bertz CT molecular complexity index is 933. The minimum absolute atomic E-state index is 0.101. The summed E-state index contributed by atoms with van der Waals surface area (Å²) in [7, 11) is 0. The predicted octanol–water partition coefficient (Wildman–Crippen LogP) is 2.84. The van der Waals surface area contributed by atoms with Gasteiger partial charge < -0.3 is 15.3 Å². The van der Waals surface area contributed by atoms with Crippen molar-refractivity contribution in [3.05, 3.63) is 47.5 Å². The molecule has 0 saturated heterocycles. The van der Waals surface area contributed by atoms with E-state index in [1.807, 2.05) is 24.4 Å². The normalized spacial score (nSPS) is 42.2. The van der Waals surface area contributed by atoms with E-state index in [0.29, 0.717) is 12.3 Å². The largest absolute Gasteiger partial charge is 0.396 e. The van der Waals surface area contributed by atoms with Crippen molar-refractivity contribution in [2.75, 3.05) is 13.2 Å². The van der Waals surface area contributed by atoms with Crippen LogP contribution in [0, 0.1) is 34.5 Å². The molecule has 2 aromatic rings. The quantitative estimate of drug-likeness (QED) is 0.603. The van der Waals surface area contributed by atoms with Crippen LogP contribution in [0.25, 0.3) is 0 Å². The summed E-state index contributed by atoms with van der Waals surface area (Å²) >= 11 is 0. The van der Waals surface area contributed by atoms with Crippen LogP contribution in [-0.2, 0) is 18.4 Å². The molecule has 0 bridgehead atoms. The van der Waals surface area contributed by atoms with Crippen LogP contribution in [0.15, 0.2) is 30.6 Å². The minimum Gasteiger partial charge on any atom is -0.396 e. The van der Waals surface area contributed by atoms with Gasteiger partial charge in [0.15, 0.2) is 0 Å². The highest BCUT2D eigenvalue weighted by Crippen LogP contribution is 2.66. The Morgan fingerprint density at radius 2 is 1.90 bits per heavy atom. The minimum atomic E-state index is -0.959. The Kier molecular flexibility index (Phi) is 5.03. The van der Waals surface area contributed by atoms with Crippen molar-refractivity contribution in [1.29, 1.82) is 0 Å². The molecule has 3 aliphatic rings. The maximum atomic E-state index is 11.9. The molecule has 0 amide bonds. The van der Waals surface area contributed by atoms with Crippen molar-refractivity contribution in [3.8, 4) is 0 Å². The summed E-state index contributed by atoms with van der Waals surface area (Å²) in [4.78, 5) is 4.53. The van der Waals surface area contributed by atoms with Gasteiger partial charge in [-0.25, -0.2) is 0 Å². The SMILES string of the molecule is C[C@]1([C@H]2CC[C@@]3(C)[C@@H](CC[C@@]3(O)c3ccccn3)[C@@H]2CO)Cc2cn[nH]c2C[C@@H]1CO. The Balaban J connectivity index is 1.50. The number of aliphatic hydroxyl groups is 3. The monoisotopic (exact) mass is 425 g/mol.